The van der Waals surface area contributed by atoms with E-state index >= 15 is 0 Å². The Balaban J connectivity index is 1.51. The van der Waals surface area contributed by atoms with E-state index < -0.39 is 0 Å². The molecular formula is C19H19FN2O2. The highest BCUT2D eigenvalue weighted by atomic mass is 19.1. The molecule has 0 fully saturated rings. The van der Waals surface area contributed by atoms with E-state index in [1.165, 1.54) is 23.4 Å². The van der Waals surface area contributed by atoms with Crippen LogP contribution in [0.3, 0.4) is 0 Å². The third kappa shape index (κ3) is 3.98. The summed E-state index contributed by atoms with van der Waals surface area (Å²) in [4.78, 5) is 17.0. The number of carbonyl (C=O) groups is 1. The zero-order chi connectivity index (χ0) is 16.8. The summed E-state index contributed by atoms with van der Waals surface area (Å²) in [6.07, 6.45) is 4.28. The van der Waals surface area contributed by atoms with Gasteiger partial charge in [-0.3, -0.25) is 4.79 Å². The lowest BCUT2D eigenvalue weighted by Gasteiger charge is -2.26. The van der Waals surface area contributed by atoms with Gasteiger partial charge in [-0.05, 0) is 36.5 Å². The van der Waals surface area contributed by atoms with Crippen LogP contribution in [0, 0.1) is 5.82 Å². The highest BCUT2D eigenvalue weighted by Gasteiger charge is 2.21. The summed E-state index contributed by atoms with van der Waals surface area (Å²) in [5.41, 5.74) is 2.78. The van der Waals surface area contributed by atoms with Crippen molar-refractivity contribution >= 4 is 12.1 Å². The van der Waals surface area contributed by atoms with Gasteiger partial charge in [-0.1, -0.05) is 47.6 Å². The van der Waals surface area contributed by atoms with Crippen molar-refractivity contribution in [1.29, 1.82) is 0 Å². The Bertz CT molecular complexity index is 746. The largest absolute Gasteiger partial charge is 0.386 e. The molecule has 1 amide bonds. The van der Waals surface area contributed by atoms with Gasteiger partial charge in [0.05, 0.1) is 12.3 Å². The van der Waals surface area contributed by atoms with Gasteiger partial charge >= 0.3 is 0 Å². The molecule has 1 atom stereocenters. The summed E-state index contributed by atoms with van der Waals surface area (Å²) in [6, 6.07) is 14.4. The van der Waals surface area contributed by atoms with Gasteiger partial charge in [-0.25, -0.2) is 4.39 Å². The normalized spacial score (nSPS) is 16.6. The fourth-order valence-electron chi connectivity index (χ4n) is 2.91. The maximum atomic E-state index is 13.4. The molecule has 5 heteroatoms. The average Bonchev–Trinajstić information content (AvgIpc) is 2.60. The van der Waals surface area contributed by atoms with Gasteiger partial charge in [0, 0.05) is 5.56 Å². The predicted octanol–water partition coefficient (Wildman–Crippen LogP) is 3.37. The average molecular weight is 326 g/mol. The quantitative estimate of drug-likeness (QED) is 0.676. The molecule has 1 aliphatic rings. The van der Waals surface area contributed by atoms with Crippen molar-refractivity contribution in [3.8, 4) is 0 Å². The van der Waals surface area contributed by atoms with E-state index in [9.17, 15) is 9.18 Å². The fraction of sp³-hybridized carbons (Fsp3) is 0.263. The molecule has 2 aromatic carbocycles. The van der Waals surface area contributed by atoms with Crippen LogP contribution in [0.25, 0.3) is 0 Å². The number of amides is 1. The van der Waals surface area contributed by atoms with Crippen LogP contribution < -0.4 is 5.32 Å². The van der Waals surface area contributed by atoms with E-state index in [-0.39, 0.29) is 24.4 Å². The van der Waals surface area contributed by atoms with E-state index in [2.05, 4.69) is 22.6 Å². The highest BCUT2D eigenvalue weighted by molar-refractivity contribution is 5.80. The molecule has 1 N–H and O–H groups in total. The lowest BCUT2D eigenvalue weighted by molar-refractivity contribution is -0.126. The van der Waals surface area contributed by atoms with E-state index in [1.54, 1.807) is 18.2 Å². The Labute approximate surface area is 140 Å². The summed E-state index contributed by atoms with van der Waals surface area (Å²) in [5, 5.41) is 6.63. The molecule has 0 aromatic heterocycles. The Hall–Kier alpha value is -2.69. The second kappa shape index (κ2) is 7.73. The molecule has 3 rings (SSSR count). The number of nitrogens with zero attached hydrogens (tertiary/aromatic N) is 1. The van der Waals surface area contributed by atoms with E-state index in [1.807, 2.05) is 12.1 Å². The number of rotatable bonds is 5. The molecular weight excluding hydrogens is 307 g/mol. The van der Waals surface area contributed by atoms with Gasteiger partial charge in [-0.2, -0.15) is 0 Å². The fourth-order valence-corrected chi connectivity index (χ4v) is 2.91. The third-order valence-corrected chi connectivity index (χ3v) is 4.07. The minimum atomic E-state index is -0.381. The monoisotopic (exact) mass is 326 g/mol. The Morgan fingerprint density at radius 3 is 2.92 bits per heavy atom. The minimum Gasteiger partial charge on any atom is -0.386 e. The first-order valence-electron chi connectivity index (χ1n) is 8.01. The second-order valence-corrected chi connectivity index (χ2v) is 5.74. The number of fused-ring (bicyclic) bond motifs is 1. The summed E-state index contributed by atoms with van der Waals surface area (Å²) in [7, 11) is 0. The molecule has 0 saturated carbocycles. The molecule has 0 unspecified atom stereocenters. The van der Waals surface area contributed by atoms with Crippen molar-refractivity contribution in [3.63, 3.8) is 0 Å². The Kier molecular flexibility index (Phi) is 5.21. The lowest BCUT2D eigenvalue weighted by Crippen LogP contribution is -2.33. The number of aryl methyl sites for hydroxylation is 1. The molecule has 2 aromatic rings. The highest BCUT2D eigenvalue weighted by Crippen LogP contribution is 2.29. The van der Waals surface area contributed by atoms with Crippen LogP contribution in [-0.4, -0.2) is 18.7 Å². The second-order valence-electron chi connectivity index (χ2n) is 5.74. The molecule has 0 bridgehead atoms. The zero-order valence-electron chi connectivity index (χ0n) is 13.2. The maximum Gasteiger partial charge on any atom is 0.261 e. The first kappa shape index (κ1) is 16.2. The van der Waals surface area contributed by atoms with E-state index in [0.717, 1.165) is 19.3 Å². The van der Waals surface area contributed by atoms with Crippen LogP contribution in [0.4, 0.5) is 4.39 Å². The Morgan fingerprint density at radius 1 is 1.25 bits per heavy atom. The van der Waals surface area contributed by atoms with Crippen molar-refractivity contribution in [2.75, 3.05) is 6.61 Å². The van der Waals surface area contributed by atoms with Crippen molar-refractivity contribution in [3.05, 3.63) is 71.0 Å². The number of carbonyl (C=O) groups excluding carboxylic acids is 1. The molecule has 1 aliphatic carbocycles. The topological polar surface area (TPSA) is 50.7 Å². The number of nitrogens with one attached hydrogen (secondary N) is 1. The van der Waals surface area contributed by atoms with Crippen LogP contribution in [-0.2, 0) is 16.1 Å². The number of halogens is 1. The van der Waals surface area contributed by atoms with E-state index in [0.29, 0.717) is 5.56 Å². The van der Waals surface area contributed by atoms with Gasteiger partial charge < -0.3 is 10.2 Å². The number of hydrogen-bond donors (Lipinski definition) is 1. The summed E-state index contributed by atoms with van der Waals surface area (Å²) in [6.45, 7) is -0.191. The summed E-state index contributed by atoms with van der Waals surface area (Å²) >= 11 is 0. The molecule has 0 saturated heterocycles. The molecule has 0 aliphatic heterocycles. The molecule has 0 radical (unpaired) electrons. The van der Waals surface area contributed by atoms with Crippen molar-refractivity contribution in [2.45, 2.75) is 25.3 Å². The van der Waals surface area contributed by atoms with Crippen LogP contribution >= 0.6 is 0 Å². The number of benzene rings is 2. The predicted molar refractivity (Wildman–Crippen MR) is 90.2 cm³/mol. The van der Waals surface area contributed by atoms with Crippen molar-refractivity contribution in [1.82, 2.24) is 5.32 Å². The summed E-state index contributed by atoms with van der Waals surface area (Å²) < 4.78 is 13.4. The number of oxime groups is 1. The maximum absolute atomic E-state index is 13.4. The van der Waals surface area contributed by atoms with Gasteiger partial charge in [0.25, 0.3) is 5.91 Å². The van der Waals surface area contributed by atoms with Crippen molar-refractivity contribution < 1.29 is 14.0 Å². The van der Waals surface area contributed by atoms with Crippen LogP contribution in [0.1, 0.15) is 35.6 Å². The zero-order valence-corrected chi connectivity index (χ0v) is 13.2. The van der Waals surface area contributed by atoms with Crippen LogP contribution in [0.2, 0.25) is 0 Å². The number of hydrogen-bond acceptors (Lipinski definition) is 3. The SMILES string of the molecule is O=C(CO/N=C\c1ccccc1F)N[C@@H]1CCCc2ccccc21. The minimum absolute atomic E-state index is 0.0154. The van der Waals surface area contributed by atoms with Gasteiger partial charge in [-0.15, -0.1) is 0 Å². The molecule has 0 heterocycles. The Morgan fingerprint density at radius 2 is 2.04 bits per heavy atom. The molecule has 0 spiro atoms. The van der Waals surface area contributed by atoms with Crippen LogP contribution in [0.5, 0.6) is 0 Å². The third-order valence-electron chi connectivity index (χ3n) is 4.07. The summed E-state index contributed by atoms with van der Waals surface area (Å²) in [5.74, 6) is -0.615. The lowest BCUT2D eigenvalue weighted by atomic mass is 9.88. The van der Waals surface area contributed by atoms with Gasteiger partial charge in [0.2, 0.25) is 0 Å². The van der Waals surface area contributed by atoms with Crippen LogP contribution in [0.15, 0.2) is 53.7 Å². The van der Waals surface area contributed by atoms with E-state index in [4.69, 9.17) is 4.84 Å². The standard InChI is InChI=1S/C19H19FN2O2/c20-17-10-4-2-7-15(17)12-21-24-13-19(23)22-18-11-5-8-14-6-1-3-9-16(14)18/h1-4,6-7,9-10,12,18H,5,8,11,13H2,(H,22,23)/b21-12-/t18-/m1/s1. The van der Waals surface area contributed by atoms with Gasteiger partial charge in [0.15, 0.2) is 6.61 Å². The first-order valence-corrected chi connectivity index (χ1v) is 8.01. The van der Waals surface area contributed by atoms with Gasteiger partial charge in [0.1, 0.15) is 5.82 Å². The molecule has 24 heavy (non-hydrogen) atoms. The first-order chi connectivity index (χ1) is 11.7. The smallest absolute Gasteiger partial charge is 0.261 e. The van der Waals surface area contributed by atoms with Crippen molar-refractivity contribution in [2.24, 2.45) is 5.16 Å². The molecule has 4 nitrogen and oxygen atoms in total. The molecule has 124 valence electrons.